The second-order valence-electron chi connectivity index (χ2n) is 7.45. The zero-order valence-electron chi connectivity index (χ0n) is 16.6. The van der Waals surface area contributed by atoms with Crippen LogP contribution in [0.25, 0.3) is 5.69 Å². The van der Waals surface area contributed by atoms with Crippen LogP contribution in [0.2, 0.25) is 5.02 Å². The fourth-order valence-electron chi connectivity index (χ4n) is 3.72. The molecule has 1 amide bonds. The number of nitrogens with zero attached hydrogens (tertiary/aromatic N) is 3. The largest absolute Gasteiger partial charge is 0.373 e. The minimum Gasteiger partial charge on any atom is -0.373 e. The summed E-state index contributed by atoms with van der Waals surface area (Å²) in [7, 11) is 0. The number of hydrogen-bond acceptors (Lipinski definition) is 6. The van der Waals surface area contributed by atoms with Crippen LogP contribution in [0.15, 0.2) is 34.0 Å². The number of aliphatic hydroxyl groups is 1. The van der Waals surface area contributed by atoms with Crippen molar-refractivity contribution < 1.29 is 9.90 Å². The van der Waals surface area contributed by atoms with Gasteiger partial charge in [-0.1, -0.05) is 37.3 Å². The summed E-state index contributed by atoms with van der Waals surface area (Å²) in [5.41, 5.74) is 4.62. The van der Waals surface area contributed by atoms with E-state index >= 15 is 0 Å². The molecule has 0 spiro atoms. The number of nitrogens with one attached hydrogen (secondary N) is 1. The van der Waals surface area contributed by atoms with Crippen LogP contribution < -0.4 is 22.3 Å². The van der Waals surface area contributed by atoms with Crippen LogP contribution in [0.5, 0.6) is 0 Å². The van der Waals surface area contributed by atoms with Crippen LogP contribution in [0.3, 0.4) is 0 Å². The summed E-state index contributed by atoms with van der Waals surface area (Å²) in [5.74, 6) is -0.538. The quantitative estimate of drug-likeness (QED) is 0.458. The van der Waals surface area contributed by atoms with Gasteiger partial charge in [-0.15, -0.1) is 0 Å². The number of nitrogens with two attached hydrogens (primary N) is 1. The predicted octanol–water partition coefficient (Wildman–Crippen LogP) is 1.02. The van der Waals surface area contributed by atoms with E-state index in [9.17, 15) is 19.5 Å². The van der Waals surface area contributed by atoms with Crippen molar-refractivity contribution in [1.29, 1.82) is 0 Å². The van der Waals surface area contributed by atoms with Gasteiger partial charge in [0.1, 0.15) is 12.4 Å². The topological polar surface area (TPSA) is 132 Å². The van der Waals surface area contributed by atoms with Crippen molar-refractivity contribution in [3.63, 3.8) is 0 Å². The molecule has 0 saturated heterocycles. The third-order valence-electron chi connectivity index (χ3n) is 5.38. The molecular formula is C20H26ClN5O4. The molecule has 2 aromatic rings. The average molecular weight is 436 g/mol. The Labute approximate surface area is 178 Å². The van der Waals surface area contributed by atoms with Gasteiger partial charge < -0.3 is 16.2 Å². The highest BCUT2D eigenvalue weighted by atomic mass is 35.5. The molecule has 1 atom stereocenters. The number of amides is 1. The standard InChI is InChI=1S/C20H26ClN5O4/c21-16-8-7-14(26-20(30)25(10-9-22)17(27)12-23-26)11-15(16)19(29)24-18(28)13-5-3-1-2-4-6-13/h7-8,11-13,18,28H,1-6,9-10,22H2,(H,24,29). The second kappa shape index (κ2) is 10.0. The van der Waals surface area contributed by atoms with Crippen LogP contribution in [0.4, 0.5) is 0 Å². The van der Waals surface area contributed by atoms with E-state index in [1.807, 2.05) is 0 Å². The van der Waals surface area contributed by atoms with Crippen molar-refractivity contribution in [3.05, 3.63) is 55.8 Å². The zero-order valence-corrected chi connectivity index (χ0v) is 17.3. The Balaban J connectivity index is 1.87. The van der Waals surface area contributed by atoms with Crippen LogP contribution in [0.1, 0.15) is 48.9 Å². The maximum atomic E-state index is 12.8. The van der Waals surface area contributed by atoms with Crippen LogP contribution >= 0.6 is 11.6 Å². The number of aromatic nitrogens is 3. The lowest BCUT2D eigenvalue weighted by atomic mass is 9.98. The smallest absolute Gasteiger partial charge is 0.352 e. The third-order valence-corrected chi connectivity index (χ3v) is 5.71. The molecule has 1 aliphatic carbocycles. The molecule has 1 aromatic carbocycles. The molecule has 1 aromatic heterocycles. The molecular weight excluding hydrogens is 410 g/mol. The summed E-state index contributed by atoms with van der Waals surface area (Å²) in [6, 6.07) is 4.39. The molecule has 1 fully saturated rings. The zero-order chi connectivity index (χ0) is 21.7. The first kappa shape index (κ1) is 22.2. The van der Waals surface area contributed by atoms with Crippen LogP contribution in [-0.2, 0) is 6.54 Å². The molecule has 1 saturated carbocycles. The highest BCUT2D eigenvalue weighted by Crippen LogP contribution is 2.25. The summed E-state index contributed by atoms with van der Waals surface area (Å²) >= 11 is 6.20. The van der Waals surface area contributed by atoms with Gasteiger partial charge in [-0.2, -0.15) is 9.78 Å². The number of carbonyl (C=O) groups excluding carboxylic acids is 1. The number of hydrogen-bond donors (Lipinski definition) is 3. The summed E-state index contributed by atoms with van der Waals surface area (Å²) in [4.78, 5) is 37.2. The first-order chi connectivity index (χ1) is 14.4. The lowest BCUT2D eigenvalue weighted by molar-refractivity contribution is 0.0532. The molecule has 10 heteroatoms. The van der Waals surface area contributed by atoms with Crippen molar-refractivity contribution in [3.8, 4) is 5.69 Å². The van der Waals surface area contributed by atoms with E-state index in [0.29, 0.717) is 0 Å². The monoisotopic (exact) mass is 435 g/mol. The molecule has 9 nitrogen and oxygen atoms in total. The molecule has 30 heavy (non-hydrogen) atoms. The van der Waals surface area contributed by atoms with Gasteiger partial charge in [0.25, 0.3) is 11.5 Å². The SMILES string of the molecule is NCCn1c(=O)cnn(-c2ccc(Cl)c(C(=O)NC(O)C3CCCCCC3)c2)c1=O. The Hall–Kier alpha value is -2.49. The summed E-state index contributed by atoms with van der Waals surface area (Å²) in [5, 5.41) is 17.2. The van der Waals surface area contributed by atoms with Gasteiger partial charge >= 0.3 is 5.69 Å². The van der Waals surface area contributed by atoms with Gasteiger partial charge in [0, 0.05) is 19.0 Å². The van der Waals surface area contributed by atoms with Gasteiger partial charge in [-0.3, -0.25) is 14.2 Å². The van der Waals surface area contributed by atoms with Crippen molar-refractivity contribution in [2.24, 2.45) is 11.7 Å². The number of benzene rings is 1. The Kier molecular flexibility index (Phi) is 7.41. The van der Waals surface area contributed by atoms with E-state index < -0.39 is 23.4 Å². The van der Waals surface area contributed by atoms with Gasteiger partial charge in [0.05, 0.1) is 16.3 Å². The van der Waals surface area contributed by atoms with E-state index in [1.165, 1.54) is 18.2 Å². The third kappa shape index (κ3) is 4.97. The number of rotatable bonds is 6. The Morgan fingerprint density at radius 3 is 2.63 bits per heavy atom. The van der Waals surface area contributed by atoms with Crippen molar-refractivity contribution in [2.75, 3.05) is 6.54 Å². The summed E-state index contributed by atoms with van der Waals surface area (Å²) in [6.45, 7) is 0.168. The molecule has 1 unspecified atom stereocenters. The first-order valence-electron chi connectivity index (χ1n) is 10.1. The van der Waals surface area contributed by atoms with Crippen molar-refractivity contribution in [2.45, 2.75) is 51.3 Å². The van der Waals surface area contributed by atoms with E-state index in [-0.39, 0.29) is 35.3 Å². The van der Waals surface area contributed by atoms with Crippen molar-refractivity contribution in [1.82, 2.24) is 19.7 Å². The number of carbonyl (C=O) groups is 1. The molecule has 0 radical (unpaired) electrons. The van der Waals surface area contributed by atoms with Gasteiger partial charge in [0.15, 0.2) is 0 Å². The average Bonchev–Trinajstić information content (AvgIpc) is 3.01. The van der Waals surface area contributed by atoms with Gasteiger partial charge in [-0.25, -0.2) is 4.79 Å². The highest BCUT2D eigenvalue weighted by Gasteiger charge is 2.24. The minimum atomic E-state index is -0.970. The highest BCUT2D eigenvalue weighted by molar-refractivity contribution is 6.33. The van der Waals surface area contributed by atoms with E-state index in [1.54, 1.807) is 0 Å². The van der Waals surface area contributed by atoms with Gasteiger partial charge in [0.2, 0.25) is 0 Å². The van der Waals surface area contributed by atoms with Crippen LogP contribution in [-0.4, -0.2) is 38.1 Å². The molecule has 0 aliphatic heterocycles. The Morgan fingerprint density at radius 1 is 1.27 bits per heavy atom. The van der Waals surface area contributed by atoms with Gasteiger partial charge in [-0.05, 0) is 31.0 Å². The molecule has 1 heterocycles. The lowest BCUT2D eigenvalue weighted by Crippen LogP contribution is -2.42. The fourth-order valence-corrected chi connectivity index (χ4v) is 3.93. The fraction of sp³-hybridized carbons (Fsp3) is 0.500. The normalized spacial score (nSPS) is 16.1. The van der Waals surface area contributed by atoms with Crippen LogP contribution in [0, 0.1) is 5.92 Å². The van der Waals surface area contributed by atoms with Crippen molar-refractivity contribution >= 4 is 17.5 Å². The van der Waals surface area contributed by atoms with E-state index in [2.05, 4.69) is 10.4 Å². The summed E-state index contributed by atoms with van der Waals surface area (Å²) < 4.78 is 1.98. The maximum Gasteiger partial charge on any atom is 0.352 e. The molecule has 3 rings (SSSR count). The Morgan fingerprint density at radius 2 is 1.97 bits per heavy atom. The minimum absolute atomic E-state index is 0.00233. The molecule has 162 valence electrons. The van der Waals surface area contributed by atoms with E-state index in [4.69, 9.17) is 17.3 Å². The maximum absolute atomic E-state index is 12.8. The predicted molar refractivity (Wildman–Crippen MR) is 113 cm³/mol. The second-order valence-corrected chi connectivity index (χ2v) is 7.86. The first-order valence-corrected chi connectivity index (χ1v) is 10.5. The molecule has 4 N–H and O–H groups in total. The number of aliphatic hydroxyl groups excluding tert-OH is 1. The summed E-state index contributed by atoms with van der Waals surface area (Å²) in [6.07, 6.45) is 6.10. The molecule has 0 bridgehead atoms. The lowest BCUT2D eigenvalue weighted by Gasteiger charge is -2.22. The van der Waals surface area contributed by atoms with E-state index in [0.717, 1.165) is 54.0 Å². The Bertz CT molecular complexity index is 1010. The number of halogens is 1. The molecule has 1 aliphatic rings.